The normalized spacial score (nSPS) is 11.6. The molecule has 5 nitrogen and oxygen atoms in total. The Morgan fingerprint density at radius 3 is 2.38 bits per heavy atom. The van der Waals surface area contributed by atoms with Crippen molar-refractivity contribution in [3.63, 3.8) is 0 Å². The van der Waals surface area contributed by atoms with Crippen LogP contribution in [0.5, 0.6) is 0 Å². The van der Waals surface area contributed by atoms with Gasteiger partial charge in [-0.05, 0) is 5.56 Å². The first-order chi connectivity index (χ1) is 7.72. The zero-order valence-electron chi connectivity index (χ0n) is 8.83. The number of rotatable bonds is 6. The van der Waals surface area contributed by atoms with Gasteiger partial charge < -0.3 is 9.59 Å². The van der Waals surface area contributed by atoms with Gasteiger partial charge in [0.05, 0.1) is 4.91 Å². The Hall–Kier alpha value is -2.04. The monoisotopic (exact) mass is 222 g/mol. The third kappa shape index (κ3) is 2.73. The van der Waals surface area contributed by atoms with E-state index >= 15 is 0 Å². The molecule has 0 radical (unpaired) electrons. The van der Waals surface area contributed by atoms with E-state index in [2.05, 4.69) is 4.84 Å². The Kier molecular flexibility index (Phi) is 4.32. The van der Waals surface area contributed by atoms with Gasteiger partial charge in [-0.1, -0.05) is 12.1 Å². The second-order valence-electron chi connectivity index (χ2n) is 3.18. The van der Waals surface area contributed by atoms with Crippen LogP contribution in [0.15, 0.2) is 24.3 Å². The van der Waals surface area contributed by atoms with Crippen molar-refractivity contribution >= 4 is 18.3 Å². The molecule has 0 N–H and O–H groups in total. The predicted octanol–water partition coefficient (Wildman–Crippen LogP) is 1.53. The van der Waals surface area contributed by atoms with Gasteiger partial charge in [0.25, 0.3) is 4.92 Å². The summed E-state index contributed by atoms with van der Waals surface area (Å²) in [5, 5.41) is 0. The fourth-order valence-electron chi connectivity index (χ4n) is 1.32. The van der Waals surface area contributed by atoms with Gasteiger partial charge in [0.2, 0.25) is 0 Å². The van der Waals surface area contributed by atoms with Crippen molar-refractivity contribution in [2.24, 2.45) is 0 Å². The van der Waals surface area contributed by atoms with Crippen LogP contribution >= 0.6 is 0 Å². The number of hydrogen-bond donors (Lipinski definition) is 0. The molecule has 0 aliphatic rings. The predicted molar refractivity (Wildman–Crippen MR) is 56.2 cm³/mol. The van der Waals surface area contributed by atoms with Crippen molar-refractivity contribution < 1.29 is 19.3 Å². The molecule has 0 fully saturated rings. The van der Waals surface area contributed by atoms with Crippen molar-refractivity contribution in [1.82, 2.24) is 0 Å². The van der Waals surface area contributed by atoms with Crippen LogP contribution in [0.4, 0.5) is 5.69 Å². The third-order valence-electron chi connectivity index (χ3n) is 2.21. The summed E-state index contributed by atoms with van der Waals surface area (Å²) in [7, 11) is 1.27. The first kappa shape index (κ1) is 12.0. The molecule has 0 aromatic heterocycles. The molecule has 1 unspecified atom stereocenters. The lowest BCUT2D eigenvalue weighted by molar-refractivity contribution is -0.736. The molecule has 0 aliphatic carbocycles. The zero-order valence-corrected chi connectivity index (χ0v) is 8.83. The van der Waals surface area contributed by atoms with Crippen molar-refractivity contribution in [2.45, 2.75) is 12.3 Å². The molecule has 5 heteroatoms. The molecule has 1 aromatic carbocycles. The highest BCUT2D eigenvalue weighted by atomic mass is 16.8. The van der Waals surface area contributed by atoms with E-state index in [0.717, 1.165) is 0 Å². The van der Waals surface area contributed by atoms with Gasteiger partial charge in [0.15, 0.2) is 7.11 Å². The lowest BCUT2D eigenvalue weighted by Gasteiger charge is -2.05. The minimum atomic E-state index is -0.450. The number of aldehydes is 2. The van der Waals surface area contributed by atoms with Crippen LogP contribution < -0.4 is 0 Å². The highest BCUT2D eigenvalue weighted by Crippen LogP contribution is 2.20. The van der Waals surface area contributed by atoms with E-state index in [1.807, 2.05) is 0 Å². The topological polar surface area (TPSA) is 63.5 Å². The Labute approximate surface area is 92.6 Å². The summed E-state index contributed by atoms with van der Waals surface area (Å²) >= 11 is 0. The fourth-order valence-corrected chi connectivity index (χ4v) is 1.32. The number of nitrogens with zero attached hydrogens (tertiary/aromatic N) is 1. The minimum absolute atomic E-state index is 0.147. The average molecular weight is 222 g/mol. The molecule has 84 valence electrons. The van der Waals surface area contributed by atoms with Crippen LogP contribution in [-0.2, 0) is 14.4 Å². The standard InChI is InChI=1S/C11H12NO4/c1-16-12(15)11-4-2-9(3-5-11)10(8-14)6-7-13/h2-5,7-8,10H,6H2,1H3/q+1. The van der Waals surface area contributed by atoms with Crippen LogP contribution in [0.2, 0.25) is 0 Å². The first-order valence-corrected chi connectivity index (χ1v) is 4.73. The first-order valence-electron chi connectivity index (χ1n) is 4.73. The van der Waals surface area contributed by atoms with Crippen molar-refractivity contribution in [1.29, 1.82) is 0 Å². The fraction of sp³-hybridized carbons (Fsp3) is 0.273. The maximum Gasteiger partial charge on any atom is 0.316 e. The summed E-state index contributed by atoms with van der Waals surface area (Å²) in [5.74, 6) is -0.450. The molecule has 0 saturated carbocycles. The second-order valence-corrected chi connectivity index (χ2v) is 3.18. The molecule has 16 heavy (non-hydrogen) atoms. The van der Waals surface area contributed by atoms with Crippen LogP contribution in [0.1, 0.15) is 17.9 Å². The van der Waals surface area contributed by atoms with Crippen LogP contribution in [0.25, 0.3) is 0 Å². The minimum Gasteiger partial charge on any atom is -0.303 e. The van der Waals surface area contributed by atoms with Gasteiger partial charge in [-0.3, -0.25) is 0 Å². The van der Waals surface area contributed by atoms with E-state index in [0.29, 0.717) is 28.7 Å². The smallest absolute Gasteiger partial charge is 0.303 e. The van der Waals surface area contributed by atoms with E-state index in [4.69, 9.17) is 0 Å². The summed E-state index contributed by atoms with van der Waals surface area (Å²) in [6.07, 6.45) is 1.56. The Morgan fingerprint density at radius 2 is 1.94 bits per heavy atom. The van der Waals surface area contributed by atoms with Crippen molar-refractivity contribution in [3.05, 3.63) is 34.7 Å². The number of carbonyl (C=O) groups excluding carboxylic acids is 2. The van der Waals surface area contributed by atoms with E-state index in [-0.39, 0.29) is 6.42 Å². The molecule has 1 atom stereocenters. The molecule has 1 aromatic rings. The SMILES string of the molecule is CO[N+](=O)c1ccc(C(C=O)CC=O)cc1. The van der Waals surface area contributed by atoms with E-state index < -0.39 is 5.92 Å². The van der Waals surface area contributed by atoms with Crippen molar-refractivity contribution in [2.75, 3.05) is 7.11 Å². The van der Waals surface area contributed by atoms with Crippen LogP contribution in [-0.4, -0.2) is 24.6 Å². The zero-order chi connectivity index (χ0) is 12.0. The maximum absolute atomic E-state index is 11.1. The van der Waals surface area contributed by atoms with Gasteiger partial charge >= 0.3 is 5.69 Å². The molecule has 0 amide bonds. The maximum atomic E-state index is 11.1. The van der Waals surface area contributed by atoms with Crippen LogP contribution in [0, 0.1) is 4.91 Å². The van der Waals surface area contributed by atoms with Gasteiger partial charge in [-0.15, -0.1) is 0 Å². The molecule has 1 rings (SSSR count). The van der Waals surface area contributed by atoms with E-state index in [1.54, 1.807) is 12.1 Å². The Balaban J connectivity index is 2.88. The summed E-state index contributed by atoms with van der Waals surface area (Å²) in [4.78, 5) is 36.9. The Bertz CT molecular complexity index is 385. The lowest BCUT2D eigenvalue weighted by atomic mass is 9.98. The number of carbonyl (C=O) groups is 2. The van der Waals surface area contributed by atoms with Gasteiger partial charge in [-0.2, -0.15) is 0 Å². The molecule has 0 bridgehead atoms. The third-order valence-corrected chi connectivity index (χ3v) is 2.21. The Morgan fingerprint density at radius 1 is 1.31 bits per heavy atom. The highest BCUT2D eigenvalue weighted by molar-refractivity contribution is 5.68. The molecule has 0 spiro atoms. The van der Waals surface area contributed by atoms with Gasteiger partial charge in [0, 0.05) is 24.5 Å². The quantitative estimate of drug-likeness (QED) is 0.541. The molecular weight excluding hydrogens is 210 g/mol. The van der Waals surface area contributed by atoms with Gasteiger partial charge in [0.1, 0.15) is 12.6 Å². The second kappa shape index (κ2) is 5.75. The summed E-state index contributed by atoms with van der Waals surface area (Å²) in [6.45, 7) is 0. The summed E-state index contributed by atoms with van der Waals surface area (Å²) in [6, 6.07) is 6.32. The number of benzene rings is 1. The highest BCUT2D eigenvalue weighted by Gasteiger charge is 2.15. The molecule has 0 heterocycles. The average Bonchev–Trinajstić information content (AvgIpc) is 2.35. The number of hydrogen-bond acceptors (Lipinski definition) is 4. The van der Waals surface area contributed by atoms with E-state index in [1.165, 1.54) is 19.2 Å². The van der Waals surface area contributed by atoms with E-state index in [9.17, 15) is 14.5 Å². The molecule has 0 aliphatic heterocycles. The summed E-state index contributed by atoms with van der Waals surface area (Å²) < 4.78 is 0. The largest absolute Gasteiger partial charge is 0.316 e. The summed E-state index contributed by atoms with van der Waals surface area (Å²) in [5.41, 5.74) is 1.04. The lowest BCUT2D eigenvalue weighted by Crippen LogP contribution is -2.02. The molecular formula is C11H12NO4+. The molecule has 0 saturated heterocycles. The van der Waals surface area contributed by atoms with Gasteiger partial charge in [-0.25, -0.2) is 4.84 Å². The van der Waals surface area contributed by atoms with Crippen LogP contribution in [0.3, 0.4) is 0 Å². The van der Waals surface area contributed by atoms with Crippen molar-refractivity contribution in [3.8, 4) is 0 Å².